The van der Waals surface area contributed by atoms with Crippen molar-refractivity contribution < 1.29 is 4.79 Å². The van der Waals surface area contributed by atoms with E-state index in [1.54, 1.807) is 0 Å². The molecule has 0 spiro atoms. The predicted octanol–water partition coefficient (Wildman–Crippen LogP) is 2.92. The molecule has 3 N–H and O–H groups in total. The van der Waals surface area contributed by atoms with Gasteiger partial charge in [-0.25, -0.2) is 0 Å². The summed E-state index contributed by atoms with van der Waals surface area (Å²) < 4.78 is 0. The van der Waals surface area contributed by atoms with Crippen molar-refractivity contribution >= 4 is 23.1 Å². The molecule has 0 bridgehead atoms. The molecule has 1 fully saturated rings. The van der Waals surface area contributed by atoms with E-state index < -0.39 is 0 Å². The van der Waals surface area contributed by atoms with Crippen LogP contribution >= 0.6 is 12.2 Å². The fourth-order valence-corrected chi connectivity index (χ4v) is 2.83. The average Bonchev–Trinajstić information content (AvgIpc) is 2.57. The zero-order valence-corrected chi connectivity index (χ0v) is 12.2. The Balaban J connectivity index is 2.36. The van der Waals surface area contributed by atoms with Crippen molar-refractivity contribution in [3.8, 4) is 0 Å². The lowest BCUT2D eigenvalue weighted by molar-refractivity contribution is -0.122. The zero-order chi connectivity index (χ0) is 13.4. The number of carbonyl (C=O) groups is 1. The molecular weight excluding hydrogens is 244 g/mol. The first-order chi connectivity index (χ1) is 8.63. The quantitative estimate of drug-likeness (QED) is 0.576. The highest BCUT2D eigenvalue weighted by molar-refractivity contribution is 7.80. The first-order valence-corrected chi connectivity index (χ1v) is 7.63. The van der Waals surface area contributed by atoms with Crippen molar-refractivity contribution in [1.82, 2.24) is 5.32 Å². The lowest BCUT2D eigenvalue weighted by Gasteiger charge is -2.19. The second kappa shape index (κ2) is 8.46. The van der Waals surface area contributed by atoms with Gasteiger partial charge in [-0.15, -0.1) is 0 Å². The molecule has 1 rings (SSSR count). The molecule has 3 nitrogen and oxygen atoms in total. The molecule has 0 aromatic carbocycles. The lowest BCUT2D eigenvalue weighted by atomic mass is 9.96. The number of carbonyl (C=O) groups excluding carboxylic acids is 1. The van der Waals surface area contributed by atoms with Crippen molar-refractivity contribution in [2.24, 2.45) is 11.7 Å². The molecule has 0 radical (unpaired) electrons. The highest BCUT2D eigenvalue weighted by Gasteiger charge is 2.19. The van der Waals surface area contributed by atoms with Gasteiger partial charge in [0, 0.05) is 6.42 Å². The van der Waals surface area contributed by atoms with Crippen molar-refractivity contribution in [1.29, 1.82) is 0 Å². The topological polar surface area (TPSA) is 55.1 Å². The highest BCUT2D eigenvalue weighted by atomic mass is 32.1. The van der Waals surface area contributed by atoms with Crippen LogP contribution in [0.1, 0.15) is 64.7 Å². The van der Waals surface area contributed by atoms with Gasteiger partial charge in [-0.3, -0.25) is 4.79 Å². The first kappa shape index (κ1) is 15.4. The number of nitrogens with one attached hydrogen (secondary N) is 1. The summed E-state index contributed by atoms with van der Waals surface area (Å²) in [5.41, 5.74) is 5.65. The number of nitrogens with two attached hydrogens (primary N) is 1. The molecule has 0 heterocycles. The lowest BCUT2D eigenvalue weighted by Crippen LogP contribution is -2.43. The van der Waals surface area contributed by atoms with Crippen LogP contribution in [-0.4, -0.2) is 16.9 Å². The maximum Gasteiger partial charge on any atom is 0.220 e. The average molecular weight is 270 g/mol. The van der Waals surface area contributed by atoms with Gasteiger partial charge in [0.25, 0.3) is 0 Å². The Morgan fingerprint density at radius 1 is 1.33 bits per heavy atom. The van der Waals surface area contributed by atoms with Crippen LogP contribution in [0.15, 0.2) is 0 Å². The molecule has 1 saturated carbocycles. The summed E-state index contributed by atoms with van der Waals surface area (Å²) in [4.78, 5) is 12.4. The van der Waals surface area contributed by atoms with Crippen LogP contribution in [0.25, 0.3) is 0 Å². The van der Waals surface area contributed by atoms with Gasteiger partial charge < -0.3 is 11.1 Å². The Morgan fingerprint density at radius 3 is 2.44 bits per heavy atom. The van der Waals surface area contributed by atoms with E-state index in [-0.39, 0.29) is 11.9 Å². The van der Waals surface area contributed by atoms with Crippen molar-refractivity contribution in [2.45, 2.75) is 70.8 Å². The minimum Gasteiger partial charge on any atom is -0.392 e. The third-order valence-corrected chi connectivity index (χ3v) is 3.99. The number of hydrogen-bond donors (Lipinski definition) is 2. The fraction of sp³-hybridized carbons (Fsp3) is 0.857. The van der Waals surface area contributed by atoms with Crippen LogP contribution < -0.4 is 11.1 Å². The van der Waals surface area contributed by atoms with Gasteiger partial charge in [-0.05, 0) is 25.2 Å². The standard InChI is InChI=1S/C14H26N2OS/c1-2-7-12(14(15)18)16-13(17)10-11-8-5-3-4-6-9-11/h11-12H,2-10H2,1H3,(H2,15,18)(H,16,17). The summed E-state index contributed by atoms with van der Waals surface area (Å²) >= 11 is 4.99. The normalized spacial score (nSPS) is 18.9. The monoisotopic (exact) mass is 270 g/mol. The second-order valence-corrected chi connectivity index (χ2v) is 5.84. The van der Waals surface area contributed by atoms with E-state index >= 15 is 0 Å². The SMILES string of the molecule is CCCC(NC(=O)CC1CCCCCC1)C(N)=S. The molecule has 4 heteroatoms. The van der Waals surface area contributed by atoms with E-state index in [2.05, 4.69) is 12.2 Å². The number of hydrogen-bond acceptors (Lipinski definition) is 2. The predicted molar refractivity (Wildman–Crippen MR) is 79.4 cm³/mol. The number of rotatable bonds is 6. The van der Waals surface area contributed by atoms with E-state index in [1.807, 2.05) is 0 Å². The molecule has 0 aromatic rings. The molecule has 18 heavy (non-hydrogen) atoms. The third-order valence-electron chi connectivity index (χ3n) is 3.70. The van der Waals surface area contributed by atoms with E-state index in [0.717, 1.165) is 12.8 Å². The summed E-state index contributed by atoms with van der Waals surface area (Å²) in [6.45, 7) is 2.07. The molecule has 1 aliphatic carbocycles. The first-order valence-electron chi connectivity index (χ1n) is 7.22. The van der Waals surface area contributed by atoms with E-state index in [4.69, 9.17) is 18.0 Å². The summed E-state index contributed by atoms with van der Waals surface area (Å²) in [5, 5.41) is 2.98. The smallest absolute Gasteiger partial charge is 0.220 e. The van der Waals surface area contributed by atoms with E-state index in [9.17, 15) is 4.79 Å². The second-order valence-electron chi connectivity index (χ2n) is 5.37. The molecule has 1 unspecified atom stereocenters. The van der Waals surface area contributed by atoms with Gasteiger partial charge in [-0.1, -0.05) is 51.2 Å². The molecule has 104 valence electrons. The molecule has 0 aromatic heterocycles. The Bertz CT molecular complexity index is 273. The van der Waals surface area contributed by atoms with E-state index in [1.165, 1.54) is 38.5 Å². The maximum absolute atomic E-state index is 12.0. The van der Waals surface area contributed by atoms with Crippen LogP contribution in [-0.2, 0) is 4.79 Å². The van der Waals surface area contributed by atoms with Crippen LogP contribution in [0.5, 0.6) is 0 Å². The minimum absolute atomic E-state index is 0.119. The van der Waals surface area contributed by atoms with Gasteiger partial charge in [0.1, 0.15) is 0 Å². The molecule has 1 atom stereocenters. The Kier molecular flexibility index (Phi) is 7.25. The molecule has 0 saturated heterocycles. The Hall–Kier alpha value is -0.640. The number of amides is 1. The fourth-order valence-electron chi connectivity index (χ4n) is 2.66. The Labute approximate surface area is 116 Å². The van der Waals surface area contributed by atoms with Crippen molar-refractivity contribution in [2.75, 3.05) is 0 Å². The summed E-state index contributed by atoms with van der Waals surface area (Å²) in [6.07, 6.45) is 10.0. The van der Waals surface area contributed by atoms with Gasteiger partial charge in [0.05, 0.1) is 11.0 Å². The summed E-state index contributed by atoms with van der Waals surface area (Å²) in [7, 11) is 0. The maximum atomic E-state index is 12.0. The third kappa shape index (κ3) is 5.80. The molecule has 1 amide bonds. The van der Waals surface area contributed by atoms with Gasteiger partial charge >= 0.3 is 0 Å². The van der Waals surface area contributed by atoms with Gasteiger partial charge in [-0.2, -0.15) is 0 Å². The van der Waals surface area contributed by atoms with Crippen molar-refractivity contribution in [3.05, 3.63) is 0 Å². The van der Waals surface area contributed by atoms with Crippen molar-refractivity contribution in [3.63, 3.8) is 0 Å². The van der Waals surface area contributed by atoms with Crippen LogP contribution in [0.3, 0.4) is 0 Å². The highest BCUT2D eigenvalue weighted by Crippen LogP contribution is 2.25. The van der Waals surface area contributed by atoms with E-state index in [0.29, 0.717) is 17.3 Å². The molecule has 0 aliphatic heterocycles. The van der Waals surface area contributed by atoms with Crippen LogP contribution in [0, 0.1) is 5.92 Å². The molecule has 1 aliphatic rings. The summed E-state index contributed by atoms with van der Waals surface area (Å²) in [5.74, 6) is 0.675. The van der Waals surface area contributed by atoms with Gasteiger partial charge in [0.15, 0.2) is 0 Å². The Morgan fingerprint density at radius 2 is 1.94 bits per heavy atom. The largest absolute Gasteiger partial charge is 0.392 e. The molecular formula is C14H26N2OS. The van der Waals surface area contributed by atoms with Crippen LogP contribution in [0.2, 0.25) is 0 Å². The minimum atomic E-state index is -0.122. The summed E-state index contributed by atoms with van der Waals surface area (Å²) in [6, 6.07) is -0.122. The van der Waals surface area contributed by atoms with Gasteiger partial charge in [0.2, 0.25) is 5.91 Å². The number of thiocarbonyl (C=S) groups is 1. The zero-order valence-electron chi connectivity index (χ0n) is 11.4. The van der Waals surface area contributed by atoms with Crippen LogP contribution in [0.4, 0.5) is 0 Å².